The lowest BCUT2D eigenvalue weighted by molar-refractivity contribution is 0.0785. The zero-order valence-corrected chi connectivity index (χ0v) is 10.6. The maximum absolute atomic E-state index is 12.3. The highest BCUT2D eigenvalue weighted by Crippen LogP contribution is 2.17. The first-order valence-corrected chi connectivity index (χ1v) is 5.94. The topological polar surface area (TPSA) is 59.2 Å². The van der Waals surface area contributed by atoms with Crippen molar-refractivity contribution in [2.24, 2.45) is 5.73 Å². The Bertz CT molecular complexity index is 560. The molecule has 0 radical (unpaired) electrons. The summed E-state index contributed by atoms with van der Waals surface area (Å²) in [6, 6.07) is 9.59. The first kappa shape index (κ1) is 12.5. The third kappa shape index (κ3) is 2.49. The van der Waals surface area contributed by atoms with Gasteiger partial charge in [-0.3, -0.25) is 9.78 Å². The van der Waals surface area contributed by atoms with Crippen molar-refractivity contribution in [2.45, 2.75) is 13.0 Å². The van der Waals surface area contributed by atoms with Gasteiger partial charge in [0.2, 0.25) is 0 Å². The maximum atomic E-state index is 12.3. The number of fused-ring (bicyclic) bond motifs is 1. The normalized spacial score (nSPS) is 12.4. The van der Waals surface area contributed by atoms with Crippen LogP contribution in [0.2, 0.25) is 0 Å². The Morgan fingerprint density at radius 1 is 1.39 bits per heavy atom. The van der Waals surface area contributed by atoms with Gasteiger partial charge in [-0.2, -0.15) is 0 Å². The Morgan fingerprint density at radius 2 is 2.11 bits per heavy atom. The average molecular weight is 243 g/mol. The number of likely N-dealkylation sites (N-methyl/N-ethyl adjacent to an activating group) is 1. The lowest BCUT2D eigenvalue weighted by atomic mass is 10.1. The van der Waals surface area contributed by atoms with Crippen LogP contribution < -0.4 is 5.73 Å². The molecule has 94 valence electrons. The van der Waals surface area contributed by atoms with E-state index in [9.17, 15) is 4.79 Å². The zero-order chi connectivity index (χ0) is 13.1. The van der Waals surface area contributed by atoms with Crippen molar-refractivity contribution in [2.75, 3.05) is 13.6 Å². The van der Waals surface area contributed by atoms with E-state index in [-0.39, 0.29) is 11.9 Å². The first-order chi connectivity index (χ1) is 8.59. The number of carbonyl (C=O) groups excluding carboxylic acids is 1. The fourth-order valence-electron chi connectivity index (χ4n) is 1.99. The van der Waals surface area contributed by atoms with Crippen LogP contribution in [0.4, 0.5) is 0 Å². The minimum Gasteiger partial charge on any atom is -0.339 e. The van der Waals surface area contributed by atoms with Crippen LogP contribution in [0.5, 0.6) is 0 Å². The number of hydrogen-bond donors (Lipinski definition) is 1. The summed E-state index contributed by atoms with van der Waals surface area (Å²) >= 11 is 0. The van der Waals surface area contributed by atoms with Crippen molar-refractivity contribution in [3.63, 3.8) is 0 Å². The fourth-order valence-corrected chi connectivity index (χ4v) is 1.99. The van der Waals surface area contributed by atoms with Crippen LogP contribution in [0.25, 0.3) is 10.8 Å². The highest BCUT2D eigenvalue weighted by molar-refractivity contribution is 6.05. The van der Waals surface area contributed by atoms with E-state index in [1.807, 2.05) is 37.3 Å². The van der Waals surface area contributed by atoms with E-state index < -0.39 is 0 Å². The monoisotopic (exact) mass is 243 g/mol. The highest BCUT2D eigenvalue weighted by Gasteiger charge is 2.16. The van der Waals surface area contributed by atoms with Crippen molar-refractivity contribution in [3.05, 3.63) is 42.2 Å². The van der Waals surface area contributed by atoms with Crippen molar-refractivity contribution in [1.29, 1.82) is 0 Å². The van der Waals surface area contributed by atoms with Gasteiger partial charge < -0.3 is 10.6 Å². The van der Waals surface area contributed by atoms with E-state index in [1.165, 1.54) is 0 Å². The number of carbonyl (C=O) groups is 1. The molecule has 1 heterocycles. The predicted octanol–water partition coefficient (Wildman–Crippen LogP) is 1.65. The van der Waals surface area contributed by atoms with Gasteiger partial charge in [0.05, 0.1) is 0 Å². The van der Waals surface area contributed by atoms with Crippen LogP contribution in [0, 0.1) is 0 Å². The lowest BCUT2D eigenvalue weighted by Crippen LogP contribution is -2.37. The molecule has 1 unspecified atom stereocenters. The molecule has 2 aromatic rings. The Morgan fingerprint density at radius 3 is 2.83 bits per heavy atom. The van der Waals surface area contributed by atoms with Crippen molar-refractivity contribution >= 4 is 16.7 Å². The summed E-state index contributed by atoms with van der Waals surface area (Å²) in [4.78, 5) is 18.1. The molecule has 0 fully saturated rings. The Labute approximate surface area is 106 Å². The van der Waals surface area contributed by atoms with Crippen molar-refractivity contribution in [3.8, 4) is 0 Å². The molecule has 1 aromatic carbocycles. The number of nitrogens with two attached hydrogens (primary N) is 1. The van der Waals surface area contributed by atoms with E-state index in [1.54, 1.807) is 18.1 Å². The van der Waals surface area contributed by atoms with Crippen LogP contribution in [0.3, 0.4) is 0 Å². The molecular weight excluding hydrogens is 226 g/mol. The van der Waals surface area contributed by atoms with Crippen molar-refractivity contribution < 1.29 is 4.79 Å². The van der Waals surface area contributed by atoms with Crippen LogP contribution in [-0.4, -0.2) is 35.4 Å². The number of nitrogens with zero attached hydrogens (tertiary/aromatic N) is 2. The molecule has 0 spiro atoms. The van der Waals surface area contributed by atoms with Crippen LogP contribution in [-0.2, 0) is 0 Å². The molecule has 0 aliphatic rings. The Hall–Kier alpha value is -1.94. The summed E-state index contributed by atoms with van der Waals surface area (Å²) in [6.07, 6.45) is 1.66. The molecule has 4 heteroatoms. The molecule has 0 aliphatic carbocycles. The standard InChI is InChI=1S/C14H17N3O/c1-10(15)9-17(2)14(18)13-12-6-4-3-5-11(12)7-8-16-13/h3-8,10H,9,15H2,1-2H3. The van der Waals surface area contributed by atoms with E-state index >= 15 is 0 Å². The van der Waals surface area contributed by atoms with Gasteiger partial charge in [0.1, 0.15) is 5.69 Å². The van der Waals surface area contributed by atoms with E-state index in [0.717, 1.165) is 10.8 Å². The molecular formula is C14H17N3O. The lowest BCUT2D eigenvalue weighted by Gasteiger charge is -2.19. The molecule has 0 saturated heterocycles. The van der Waals surface area contributed by atoms with Crippen LogP contribution >= 0.6 is 0 Å². The van der Waals surface area contributed by atoms with Gasteiger partial charge in [0.25, 0.3) is 5.91 Å². The molecule has 1 atom stereocenters. The minimum absolute atomic E-state index is 0.0473. The SMILES string of the molecule is CC(N)CN(C)C(=O)c1nccc2ccccc12. The molecule has 2 N–H and O–H groups in total. The van der Waals surface area contributed by atoms with Gasteiger partial charge in [0.15, 0.2) is 0 Å². The van der Waals surface area contributed by atoms with E-state index in [2.05, 4.69) is 4.98 Å². The van der Waals surface area contributed by atoms with Gasteiger partial charge in [-0.15, -0.1) is 0 Å². The number of amides is 1. The van der Waals surface area contributed by atoms with E-state index in [4.69, 9.17) is 5.73 Å². The van der Waals surface area contributed by atoms with Crippen LogP contribution in [0.1, 0.15) is 17.4 Å². The van der Waals surface area contributed by atoms with E-state index in [0.29, 0.717) is 12.2 Å². The Balaban J connectivity index is 2.39. The van der Waals surface area contributed by atoms with Gasteiger partial charge >= 0.3 is 0 Å². The number of aromatic nitrogens is 1. The summed E-state index contributed by atoms with van der Waals surface area (Å²) in [5, 5.41) is 1.89. The average Bonchev–Trinajstić information content (AvgIpc) is 2.36. The summed E-state index contributed by atoms with van der Waals surface area (Å²) < 4.78 is 0. The highest BCUT2D eigenvalue weighted by atomic mass is 16.2. The molecule has 18 heavy (non-hydrogen) atoms. The molecule has 1 amide bonds. The molecule has 0 bridgehead atoms. The maximum Gasteiger partial charge on any atom is 0.272 e. The number of pyridine rings is 1. The van der Waals surface area contributed by atoms with Gasteiger partial charge in [-0.25, -0.2) is 0 Å². The first-order valence-electron chi connectivity index (χ1n) is 5.94. The van der Waals surface area contributed by atoms with Gasteiger partial charge in [0, 0.05) is 31.2 Å². The fraction of sp³-hybridized carbons (Fsp3) is 0.286. The number of rotatable bonds is 3. The molecule has 1 aromatic heterocycles. The van der Waals surface area contributed by atoms with Gasteiger partial charge in [-0.1, -0.05) is 24.3 Å². The predicted molar refractivity (Wildman–Crippen MR) is 72.4 cm³/mol. The second-order valence-electron chi connectivity index (χ2n) is 4.54. The second kappa shape index (κ2) is 5.14. The summed E-state index contributed by atoms with van der Waals surface area (Å²) in [6.45, 7) is 2.39. The van der Waals surface area contributed by atoms with Crippen molar-refractivity contribution in [1.82, 2.24) is 9.88 Å². The number of benzene rings is 1. The summed E-state index contributed by atoms with van der Waals surface area (Å²) in [5.74, 6) is -0.0934. The molecule has 0 aliphatic heterocycles. The zero-order valence-electron chi connectivity index (χ0n) is 10.6. The molecule has 4 nitrogen and oxygen atoms in total. The second-order valence-corrected chi connectivity index (χ2v) is 4.54. The smallest absolute Gasteiger partial charge is 0.272 e. The molecule has 2 rings (SSSR count). The summed E-state index contributed by atoms with van der Waals surface area (Å²) in [7, 11) is 1.75. The summed E-state index contributed by atoms with van der Waals surface area (Å²) in [5.41, 5.74) is 6.19. The third-order valence-electron chi connectivity index (χ3n) is 2.78. The minimum atomic E-state index is -0.0934. The quantitative estimate of drug-likeness (QED) is 0.891. The molecule has 0 saturated carbocycles. The number of hydrogen-bond acceptors (Lipinski definition) is 3. The largest absolute Gasteiger partial charge is 0.339 e. The van der Waals surface area contributed by atoms with Crippen LogP contribution in [0.15, 0.2) is 36.5 Å². The Kier molecular flexibility index (Phi) is 3.58. The third-order valence-corrected chi connectivity index (χ3v) is 2.78. The van der Waals surface area contributed by atoms with Gasteiger partial charge in [-0.05, 0) is 18.4 Å².